The van der Waals surface area contributed by atoms with Gasteiger partial charge < -0.3 is 20.1 Å². The molecular weight excluding hydrogens is 392 g/mol. The lowest BCUT2D eigenvalue weighted by molar-refractivity contribution is -0.116. The van der Waals surface area contributed by atoms with E-state index in [4.69, 9.17) is 9.47 Å². The zero-order valence-corrected chi connectivity index (χ0v) is 17.7. The van der Waals surface area contributed by atoms with Crippen molar-refractivity contribution < 1.29 is 14.3 Å². The van der Waals surface area contributed by atoms with Gasteiger partial charge in [-0.25, -0.2) is 9.97 Å². The van der Waals surface area contributed by atoms with Crippen LogP contribution in [0.2, 0.25) is 0 Å². The van der Waals surface area contributed by atoms with Gasteiger partial charge in [0.1, 0.15) is 12.1 Å². The molecule has 0 unspecified atom stereocenters. The van der Waals surface area contributed by atoms with Crippen LogP contribution in [0.3, 0.4) is 0 Å². The van der Waals surface area contributed by atoms with Gasteiger partial charge in [-0.15, -0.1) is 12.4 Å². The fourth-order valence-electron chi connectivity index (χ4n) is 2.94. The Hall–Kier alpha value is -3.06. The number of amides is 1. The van der Waals surface area contributed by atoms with Crippen LogP contribution >= 0.6 is 12.4 Å². The molecule has 3 aromatic rings. The number of fused-ring (bicyclic) bond motifs is 1. The minimum Gasteiger partial charge on any atom is -0.493 e. The Morgan fingerprint density at radius 2 is 1.79 bits per heavy atom. The number of aryl methyl sites for hydroxylation is 1. The molecule has 1 amide bonds. The number of hydrogen-bond acceptors (Lipinski definition) is 6. The van der Waals surface area contributed by atoms with Crippen molar-refractivity contribution in [2.45, 2.75) is 26.7 Å². The standard InChI is InChI=1S/C21H24N4O3.ClH/c1-5-6-20(26)25-16-8-7-14(9-13(16)2)24-21-15-10-18(27-3)19(28-4)11-17(15)22-12-23-21;/h7-12H,5-6H2,1-4H3,(H,25,26)(H,22,23,24);1H. The lowest BCUT2D eigenvalue weighted by Crippen LogP contribution is -2.11. The number of methoxy groups -OCH3 is 2. The molecule has 0 atom stereocenters. The fraction of sp³-hybridized carbons (Fsp3) is 0.286. The predicted molar refractivity (Wildman–Crippen MR) is 118 cm³/mol. The number of carbonyl (C=O) groups is 1. The number of hydrogen-bond donors (Lipinski definition) is 2. The van der Waals surface area contributed by atoms with Crippen LogP contribution in [-0.2, 0) is 4.79 Å². The smallest absolute Gasteiger partial charge is 0.224 e. The van der Waals surface area contributed by atoms with Crippen LogP contribution in [0.4, 0.5) is 17.2 Å². The summed E-state index contributed by atoms with van der Waals surface area (Å²) in [7, 11) is 3.18. The molecule has 7 nitrogen and oxygen atoms in total. The minimum atomic E-state index is 0. The average molecular weight is 417 g/mol. The van der Waals surface area contributed by atoms with Crippen LogP contribution in [0.25, 0.3) is 10.9 Å². The maximum absolute atomic E-state index is 11.8. The monoisotopic (exact) mass is 416 g/mol. The fourth-order valence-corrected chi connectivity index (χ4v) is 2.94. The van der Waals surface area contributed by atoms with Crippen LogP contribution in [0.5, 0.6) is 11.5 Å². The van der Waals surface area contributed by atoms with Gasteiger partial charge in [0, 0.05) is 29.2 Å². The van der Waals surface area contributed by atoms with Crippen molar-refractivity contribution in [3.05, 3.63) is 42.2 Å². The number of aromatic nitrogens is 2. The molecule has 2 N–H and O–H groups in total. The molecular formula is C21H25ClN4O3. The molecule has 8 heteroatoms. The third-order valence-corrected chi connectivity index (χ3v) is 4.38. The molecule has 0 radical (unpaired) electrons. The van der Waals surface area contributed by atoms with E-state index in [0.717, 1.165) is 34.3 Å². The Morgan fingerprint density at radius 3 is 2.45 bits per heavy atom. The van der Waals surface area contributed by atoms with Crippen LogP contribution in [0.1, 0.15) is 25.3 Å². The summed E-state index contributed by atoms with van der Waals surface area (Å²) in [4.78, 5) is 20.5. The van der Waals surface area contributed by atoms with E-state index in [1.54, 1.807) is 14.2 Å². The van der Waals surface area contributed by atoms with Crippen molar-refractivity contribution in [2.24, 2.45) is 0 Å². The SMILES string of the molecule is CCCC(=O)Nc1ccc(Nc2ncnc3cc(OC)c(OC)cc23)cc1C.Cl. The van der Waals surface area contributed by atoms with Gasteiger partial charge in [-0.05, 0) is 43.2 Å². The lowest BCUT2D eigenvalue weighted by Gasteiger charge is -2.14. The number of carbonyl (C=O) groups excluding carboxylic acids is 1. The minimum absolute atomic E-state index is 0. The summed E-state index contributed by atoms with van der Waals surface area (Å²) in [6.07, 6.45) is 2.83. The Labute approximate surface area is 176 Å². The summed E-state index contributed by atoms with van der Waals surface area (Å²) < 4.78 is 10.7. The van der Waals surface area contributed by atoms with Crippen molar-refractivity contribution >= 4 is 46.4 Å². The van der Waals surface area contributed by atoms with Crippen LogP contribution in [0.15, 0.2) is 36.7 Å². The highest BCUT2D eigenvalue weighted by atomic mass is 35.5. The first-order valence-electron chi connectivity index (χ1n) is 9.10. The van der Waals surface area contributed by atoms with E-state index >= 15 is 0 Å². The number of halogens is 1. The summed E-state index contributed by atoms with van der Waals surface area (Å²) >= 11 is 0. The van der Waals surface area contributed by atoms with Gasteiger partial charge in [0.05, 0.1) is 19.7 Å². The normalized spacial score (nSPS) is 10.2. The lowest BCUT2D eigenvalue weighted by atomic mass is 10.1. The van der Waals surface area contributed by atoms with E-state index in [9.17, 15) is 4.79 Å². The molecule has 0 aliphatic heterocycles. The number of benzene rings is 2. The van der Waals surface area contributed by atoms with Crippen LogP contribution in [-0.4, -0.2) is 30.1 Å². The molecule has 154 valence electrons. The number of rotatable bonds is 7. The second kappa shape index (κ2) is 9.93. The molecule has 3 rings (SSSR count). The van der Waals surface area contributed by atoms with E-state index in [2.05, 4.69) is 20.6 Å². The molecule has 29 heavy (non-hydrogen) atoms. The van der Waals surface area contributed by atoms with E-state index < -0.39 is 0 Å². The summed E-state index contributed by atoms with van der Waals surface area (Å²) in [6, 6.07) is 9.43. The quantitative estimate of drug-likeness (QED) is 0.572. The van der Waals surface area contributed by atoms with Gasteiger partial charge >= 0.3 is 0 Å². The van der Waals surface area contributed by atoms with Crippen molar-refractivity contribution in [1.82, 2.24) is 9.97 Å². The third kappa shape index (κ3) is 5.06. The molecule has 0 aliphatic carbocycles. The molecule has 0 saturated carbocycles. The van der Waals surface area contributed by atoms with E-state index in [1.807, 2.05) is 44.2 Å². The van der Waals surface area contributed by atoms with Gasteiger partial charge in [-0.2, -0.15) is 0 Å². The first-order chi connectivity index (χ1) is 13.5. The van der Waals surface area contributed by atoms with Gasteiger partial charge in [-0.1, -0.05) is 6.92 Å². The second-order valence-electron chi connectivity index (χ2n) is 6.40. The summed E-state index contributed by atoms with van der Waals surface area (Å²) in [5.74, 6) is 1.91. The van der Waals surface area contributed by atoms with Crippen molar-refractivity contribution in [2.75, 3.05) is 24.9 Å². The first kappa shape index (κ1) is 22.2. The molecule has 0 spiro atoms. The second-order valence-corrected chi connectivity index (χ2v) is 6.40. The van der Waals surface area contributed by atoms with Gasteiger partial charge in [-0.3, -0.25) is 4.79 Å². The molecule has 0 bridgehead atoms. The van der Waals surface area contributed by atoms with Crippen molar-refractivity contribution in [1.29, 1.82) is 0 Å². The van der Waals surface area contributed by atoms with Gasteiger partial charge in [0.15, 0.2) is 11.5 Å². The number of nitrogens with zero attached hydrogens (tertiary/aromatic N) is 2. The largest absolute Gasteiger partial charge is 0.493 e. The van der Waals surface area contributed by atoms with E-state index in [0.29, 0.717) is 23.7 Å². The number of anilines is 3. The van der Waals surface area contributed by atoms with Gasteiger partial charge in [0.25, 0.3) is 0 Å². The average Bonchev–Trinajstić information content (AvgIpc) is 2.69. The molecule has 0 aliphatic rings. The Bertz CT molecular complexity index is 1010. The number of ether oxygens (including phenoxy) is 2. The Balaban J connectivity index is 0.00000300. The van der Waals surface area contributed by atoms with Crippen LogP contribution in [0, 0.1) is 6.92 Å². The highest BCUT2D eigenvalue weighted by molar-refractivity contribution is 5.94. The topological polar surface area (TPSA) is 85.4 Å². The highest BCUT2D eigenvalue weighted by Gasteiger charge is 2.12. The van der Waals surface area contributed by atoms with Gasteiger partial charge in [0.2, 0.25) is 5.91 Å². The third-order valence-electron chi connectivity index (χ3n) is 4.38. The maximum Gasteiger partial charge on any atom is 0.224 e. The van der Waals surface area contributed by atoms with E-state index in [-0.39, 0.29) is 18.3 Å². The van der Waals surface area contributed by atoms with E-state index in [1.165, 1.54) is 6.33 Å². The first-order valence-corrected chi connectivity index (χ1v) is 9.10. The van der Waals surface area contributed by atoms with Crippen LogP contribution < -0.4 is 20.1 Å². The summed E-state index contributed by atoms with van der Waals surface area (Å²) in [5, 5.41) is 7.08. The summed E-state index contributed by atoms with van der Waals surface area (Å²) in [6.45, 7) is 3.94. The molecule has 2 aromatic carbocycles. The Morgan fingerprint density at radius 1 is 1.07 bits per heavy atom. The molecule has 1 heterocycles. The van der Waals surface area contributed by atoms with Crippen molar-refractivity contribution in [3.63, 3.8) is 0 Å². The Kier molecular flexibility index (Phi) is 7.61. The zero-order chi connectivity index (χ0) is 20.1. The zero-order valence-electron chi connectivity index (χ0n) is 16.9. The molecule has 1 aromatic heterocycles. The molecule has 0 fully saturated rings. The molecule has 0 saturated heterocycles. The predicted octanol–water partition coefficient (Wildman–Crippen LogP) is 4.86. The summed E-state index contributed by atoms with van der Waals surface area (Å²) in [5.41, 5.74) is 3.38. The maximum atomic E-state index is 11.8. The van der Waals surface area contributed by atoms with Crippen molar-refractivity contribution in [3.8, 4) is 11.5 Å². The highest BCUT2D eigenvalue weighted by Crippen LogP contribution is 2.34. The number of nitrogens with one attached hydrogen (secondary N) is 2.